The minimum Gasteiger partial charge on any atom is -0.492 e. The summed E-state index contributed by atoms with van der Waals surface area (Å²) in [6, 6.07) is 7.75. The topological polar surface area (TPSA) is 47.7 Å². The first-order chi connectivity index (χ1) is 9.76. The molecule has 0 radical (unpaired) electrons. The zero-order chi connectivity index (χ0) is 14.6. The molecule has 0 aliphatic rings. The lowest BCUT2D eigenvalue weighted by Gasteiger charge is -2.16. The van der Waals surface area contributed by atoms with Gasteiger partial charge in [0, 0.05) is 25.3 Å². The molecule has 0 unspecified atom stereocenters. The summed E-state index contributed by atoms with van der Waals surface area (Å²) >= 11 is 0. The van der Waals surface area contributed by atoms with Gasteiger partial charge in [0.1, 0.15) is 12.4 Å². The predicted octanol–water partition coefficient (Wildman–Crippen LogP) is 1.34. The molecule has 1 rings (SSSR count). The van der Waals surface area contributed by atoms with Crippen molar-refractivity contribution >= 4 is 0 Å². The van der Waals surface area contributed by atoms with E-state index in [1.165, 1.54) is 0 Å². The first-order valence-electron chi connectivity index (χ1n) is 6.94. The largest absolute Gasteiger partial charge is 0.492 e. The highest BCUT2D eigenvalue weighted by Crippen LogP contribution is 2.11. The summed E-state index contributed by atoms with van der Waals surface area (Å²) in [4.78, 5) is 2.19. The van der Waals surface area contributed by atoms with E-state index >= 15 is 0 Å². The maximum absolute atomic E-state index is 5.69. The molecule has 0 fully saturated rings. The molecule has 0 saturated carbocycles. The SMILES string of the molecule is CCOCCN(C)CCOc1ccc(C#CCN)cc1. The third-order valence-electron chi connectivity index (χ3n) is 2.75. The van der Waals surface area contributed by atoms with Gasteiger partial charge in [-0.15, -0.1) is 0 Å². The predicted molar refractivity (Wildman–Crippen MR) is 81.9 cm³/mol. The van der Waals surface area contributed by atoms with Crippen LogP contribution in [0, 0.1) is 11.8 Å². The zero-order valence-corrected chi connectivity index (χ0v) is 12.4. The van der Waals surface area contributed by atoms with Gasteiger partial charge in [0.2, 0.25) is 0 Å². The third-order valence-corrected chi connectivity index (χ3v) is 2.75. The van der Waals surface area contributed by atoms with E-state index in [1.54, 1.807) is 0 Å². The van der Waals surface area contributed by atoms with E-state index in [4.69, 9.17) is 15.2 Å². The number of nitrogens with zero attached hydrogens (tertiary/aromatic N) is 1. The first kappa shape index (κ1) is 16.5. The average Bonchev–Trinajstić information content (AvgIpc) is 2.47. The zero-order valence-electron chi connectivity index (χ0n) is 12.4. The highest BCUT2D eigenvalue weighted by atomic mass is 16.5. The Morgan fingerprint density at radius 3 is 2.50 bits per heavy atom. The summed E-state index contributed by atoms with van der Waals surface area (Å²) in [6.45, 7) is 6.38. The van der Waals surface area contributed by atoms with Crippen LogP contribution in [0.15, 0.2) is 24.3 Å². The van der Waals surface area contributed by atoms with Gasteiger partial charge >= 0.3 is 0 Å². The van der Waals surface area contributed by atoms with Crippen molar-refractivity contribution < 1.29 is 9.47 Å². The molecule has 0 aromatic heterocycles. The Hall–Kier alpha value is -1.54. The molecule has 0 bridgehead atoms. The van der Waals surface area contributed by atoms with E-state index in [-0.39, 0.29) is 0 Å². The second-order valence-corrected chi connectivity index (χ2v) is 4.38. The van der Waals surface area contributed by atoms with E-state index in [1.807, 2.05) is 31.2 Å². The number of benzene rings is 1. The summed E-state index contributed by atoms with van der Waals surface area (Å²) in [5.41, 5.74) is 6.29. The Bertz CT molecular complexity index is 420. The van der Waals surface area contributed by atoms with Gasteiger partial charge < -0.3 is 20.1 Å². The Balaban J connectivity index is 2.24. The van der Waals surface area contributed by atoms with Gasteiger partial charge in [-0.3, -0.25) is 0 Å². The van der Waals surface area contributed by atoms with Crippen LogP contribution >= 0.6 is 0 Å². The normalized spacial score (nSPS) is 10.2. The smallest absolute Gasteiger partial charge is 0.119 e. The highest BCUT2D eigenvalue weighted by molar-refractivity contribution is 5.38. The van der Waals surface area contributed by atoms with Crippen LogP contribution in [-0.2, 0) is 4.74 Å². The third kappa shape index (κ3) is 7.15. The molecule has 0 saturated heterocycles. The summed E-state index contributed by atoms with van der Waals surface area (Å²) < 4.78 is 11.0. The van der Waals surface area contributed by atoms with Gasteiger partial charge in [0.05, 0.1) is 13.2 Å². The highest BCUT2D eigenvalue weighted by Gasteiger charge is 1.99. The molecule has 4 heteroatoms. The maximum atomic E-state index is 5.69. The van der Waals surface area contributed by atoms with Crippen molar-refractivity contribution in [1.29, 1.82) is 0 Å². The van der Waals surface area contributed by atoms with Gasteiger partial charge in [-0.1, -0.05) is 11.8 Å². The molecule has 110 valence electrons. The van der Waals surface area contributed by atoms with E-state index in [9.17, 15) is 0 Å². The quantitative estimate of drug-likeness (QED) is 0.575. The van der Waals surface area contributed by atoms with Gasteiger partial charge in [-0.25, -0.2) is 0 Å². The van der Waals surface area contributed by atoms with Crippen LogP contribution in [0.25, 0.3) is 0 Å². The van der Waals surface area contributed by atoms with Crippen molar-refractivity contribution in [2.24, 2.45) is 5.73 Å². The molecular formula is C16H24N2O2. The summed E-state index contributed by atoms with van der Waals surface area (Å²) in [6.07, 6.45) is 0. The van der Waals surface area contributed by atoms with E-state index < -0.39 is 0 Å². The molecule has 20 heavy (non-hydrogen) atoms. The maximum Gasteiger partial charge on any atom is 0.119 e. The average molecular weight is 276 g/mol. The lowest BCUT2D eigenvalue weighted by molar-refractivity contribution is 0.116. The number of nitrogens with two attached hydrogens (primary N) is 1. The summed E-state index contributed by atoms with van der Waals surface area (Å²) in [5.74, 6) is 6.67. The fraction of sp³-hybridized carbons (Fsp3) is 0.500. The molecule has 4 nitrogen and oxygen atoms in total. The van der Waals surface area contributed by atoms with Crippen LogP contribution in [0.2, 0.25) is 0 Å². The van der Waals surface area contributed by atoms with Crippen LogP contribution in [0.3, 0.4) is 0 Å². The molecule has 0 atom stereocenters. The fourth-order valence-electron chi connectivity index (χ4n) is 1.58. The first-order valence-corrected chi connectivity index (χ1v) is 6.94. The summed E-state index contributed by atoms with van der Waals surface area (Å²) in [7, 11) is 2.06. The molecule has 0 amide bonds. The van der Waals surface area contributed by atoms with Crippen molar-refractivity contribution in [3.8, 4) is 17.6 Å². The Labute approximate surface area is 121 Å². The minimum atomic E-state index is 0.381. The van der Waals surface area contributed by atoms with Gasteiger partial charge in [0.15, 0.2) is 0 Å². The summed E-state index contributed by atoms with van der Waals surface area (Å²) in [5, 5.41) is 0. The number of hydrogen-bond donors (Lipinski definition) is 1. The Morgan fingerprint density at radius 2 is 1.85 bits per heavy atom. The number of likely N-dealkylation sites (N-methyl/N-ethyl adjacent to an activating group) is 1. The van der Waals surface area contributed by atoms with Crippen LogP contribution < -0.4 is 10.5 Å². The van der Waals surface area contributed by atoms with Gasteiger partial charge in [0.25, 0.3) is 0 Å². The lowest BCUT2D eigenvalue weighted by Crippen LogP contribution is -2.27. The molecular weight excluding hydrogens is 252 g/mol. The number of ether oxygens (including phenoxy) is 2. The molecule has 1 aromatic carbocycles. The van der Waals surface area contributed by atoms with Crippen LogP contribution in [0.4, 0.5) is 0 Å². The van der Waals surface area contributed by atoms with E-state index in [0.29, 0.717) is 13.2 Å². The van der Waals surface area contributed by atoms with E-state index in [0.717, 1.165) is 37.6 Å². The number of rotatable bonds is 8. The number of hydrogen-bond acceptors (Lipinski definition) is 4. The standard InChI is InChI=1S/C16H24N2O2/c1-3-19-13-11-18(2)12-14-20-16-8-6-15(7-9-16)5-4-10-17/h6-9H,3,10-14,17H2,1-2H3. The van der Waals surface area contributed by atoms with Crippen molar-refractivity contribution in [2.75, 3.05) is 46.5 Å². The Kier molecular flexibility index (Phi) is 8.48. The molecule has 0 heterocycles. The fourth-order valence-corrected chi connectivity index (χ4v) is 1.58. The van der Waals surface area contributed by atoms with Crippen LogP contribution in [0.5, 0.6) is 5.75 Å². The molecule has 0 spiro atoms. The van der Waals surface area contributed by atoms with E-state index in [2.05, 4.69) is 23.8 Å². The Morgan fingerprint density at radius 1 is 1.15 bits per heavy atom. The lowest BCUT2D eigenvalue weighted by atomic mass is 10.2. The van der Waals surface area contributed by atoms with Crippen molar-refractivity contribution in [3.63, 3.8) is 0 Å². The molecule has 2 N–H and O–H groups in total. The van der Waals surface area contributed by atoms with Crippen molar-refractivity contribution in [2.45, 2.75) is 6.92 Å². The minimum absolute atomic E-state index is 0.381. The van der Waals surface area contributed by atoms with Gasteiger partial charge in [-0.05, 0) is 38.2 Å². The monoisotopic (exact) mass is 276 g/mol. The molecule has 0 aliphatic heterocycles. The van der Waals surface area contributed by atoms with Crippen LogP contribution in [0.1, 0.15) is 12.5 Å². The molecule has 0 aliphatic carbocycles. The van der Waals surface area contributed by atoms with Crippen LogP contribution in [-0.4, -0.2) is 51.4 Å². The van der Waals surface area contributed by atoms with Gasteiger partial charge in [-0.2, -0.15) is 0 Å². The van der Waals surface area contributed by atoms with Crippen molar-refractivity contribution in [1.82, 2.24) is 4.90 Å². The second-order valence-electron chi connectivity index (χ2n) is 4.38. The molecule has 1 aromatic rings. The second kappa shape index (κ2) is 10.3. The van der Waals surface area contributed by atoms with Crippen molar-refractivity contribution in [3.05, 3.63) is 29.8 Å².